The first-order chi connectivity index (χ1) is 16.8. The Bertz CT molecular complexity index is 1280. The molecule has 4 rings (SSSR count). The van der Waals surface area contributed by atoms with Crippen molar-refractivity contribution in [1.29, 1.82) is 0 Å². The molecule has 1 atom stereocenters. The molecule has 2 N–H and O–H groups in total. The normalized spacial score (nSPS) is 16.3. The average Bonchev–Trinajstić information content (AvgIpc) is 3.16. The van der Waals surface area contributed by atoms with E-state index in [0.29, 0.717) is 44.7 Å². The first-order valence-corrected chi connectivity index (χ1v) is 12.9. The van der Waals surface area contributed by atoms with Crippen molar-refractivity contribution in [3.8, 4) is 11.5 Å². The molecule has 1 amide bonds. The lowest BCUT2D eigenvalue weighted by Gasteiger charge is -2.15. The molecule has 182 valence electrons. The van der Waals surface area contributed by atoms with Gasteiger partial charge in [0.1, 0.15) is 6.61 Å². The molecular formula is C26H23Cl3N2O3S. The molecule has 3 aromatic carbocycles. The van der Waals surface area contributed by atoms with Crippen molar-refractivity contribution in [1.82, 2.24) is 5.32 Å². The van der Waals surface area contributed by atoms with Gasteiger partial charge in [0, 0.05) is 10.7 Å². The highest BCUT2D eigenvalue weighted by Crippen LogP contribution is 2.34. The van der Waals surface area contributed by atoms with Crippen LogP contribution in [0.15, 0.2) is 59.5 Å². The third-order valence-electron chi connectivity index (χ3n) is 5.15. The number of carbonyl (C=O) groups is 1. The van der Waals surface area contributed by atoms with Crippen LogP contribution in [-0.4, -0.2) is 18.0 Å². The third-order valence-corrected chi connectivity index (χ3v) is 7.15. The number of carbonyl (C=O) groups excluding carboxylic acids is 1. The number of benzene rings is 3. The van der Waals surface area contributed by atoms with Crippen LogP contribution in [0.2, 0.25) is 15.1 Å². The Kier molecular flexibility index (Phi) is 8.39. The van der Waals surface area contributed by atoms with Crippen LogP contribution in [0.25, 0.3) is 6.08 Å². The Morgan fingerprint density at radius 3 is 2.57 bits per heavy atom. The lowest BCUT2D eigenvalue weighted by Crippen LogP contribution is -2.31. The van der Waals surface area contributed by atoms with Gasteiger partial charge in [0.15, 0.2) is 17.0 Å². The van der Waals surface area contributed by atoms with Gasteiger partial charge in [-0.3, -0.25) is 4.79 Å². The second-order valence-corrected chi connectivity index (χ2v) is 10.2. The highest BCUT2D eigenvalue weighted by atomic mass is 35.5. The summed E-state index contributed by atoms with van der Waals surface area (Å²) in [7, 11) is 0. The molecule has 0 radical (unpaired) electrons. The highest BCUT2D eigenvalue weighted by molar-refractivity contribution is 8.05. The number of hydrogen-bond acceptors (Lipinski definition) is 5. The number of rotatable bonds is 8. The van der Waals surface area contributed by atoms with E-state index in [2.05, 4.69) is 10.6 Å². The van der Waals surface area contributed by atoms with Crippen molar-refractivity contribution >= 4 is 64.2 Å². The number of hydrogen-bond donors (Lipinski definition) is 2. The van der Waals surface area contributed by atoms with Crippen LogP contribution in [0.5, 0.6) is 11.5 Å². The maximum atomic E-state index is 12.6. The number of nitrogens with one attached hydrogen (secondary N) is 2. The lowest BCUT2D eigenvalue weighted by atomic mass is 10.2. The fourth-order valence-electron chi connectivity index (χ4n) is 3.44. The monoisotopic (exact) mass is 548 g/mol. The third kappa shape index (κ3) is 6.58. The fourth-order valence-corrected chi connectivity index (χ4v) is 4.96. The van der Waals surface area contributed by atoms with Crippen molar-refractivity contribution in [2.75, 3.05) is 11.9 Å². The average molecular weight is 550 g/mol. The van der Waals surface area contributed by atoms with E-state index in [9.17, 15) is 4.79 Å². The summed E-state index contributed by atoms with van der Waals surface area (Å²) >= 11 is 19.5. The van der Waals surface area contributed by atoms with Crippen LogP contribution in [0, 0.1) is 6.92 Å². The molecule has 0 spiro atoms. The number of halogens is 3. The second kappa shape index (κ2) is 11.5. The molecule has 1 saturated heterocycles. The van der Waals surface area contributed by atoms with Crippen molar-refractivity contribution in [3.05, 3.63) is 91.3 Å². The Morgan fingerprint density at radius 2 is 1.83 bits per heavy atom. The van der Waals surface area contributed by atoms with E-state index >= 15 is 0 Å². The minimum absolute atomic E-state index is 0.142. The van der Waals surface area contributed by atoms with Gasteiger partial charge in [-0.05, 0) is 79.1 Å². The Balaban J connectivity index is 1.47. The van der Waals surface area contributed by atoms with E-state index in [1.165, 1.54) is 11.8 Å². The molecule has 3 aromatic rings. The number of thioether (sulfide) groups is 1. The Morgan fingerprint density at radius 1 is 1.00 bits per heavy atom. The van der Waals surface area contributed by atoms with E-state index in [4.69, 9.17) is 44.3 Å². The largest absolute Gasteiger partial charge is 0.490 e. The van der Waals surface area contributed by atoms with Crippen molar-refractivity contribution in [2.24, 2.45) is 0 Å². The van der Waals surface area contributed by atoms with Gasteiger partial charge in [0.2, 0.25) is 0 Å². The van der Waals surface area contributed by atoms with Gasteiger partial charge in [-0.15, -0.1) is 0 Å². The maximum Gasteiger partial charge on any atom is 0.260 e. The standard InChI is InChI=1S/C26H23Cl3N2O3S/c1-3-33-23-12-16(5-9-22(23)34-14-17-4-7-19(28)20(29)11-17)13-24-25(32)31-26(35-24)30-21-8-6-18(27)10-15(21)2/h4-13,26,30H,3,14H2,1-2H3,(H,31,32)/b24-13-. The van der Waals surface area contributed by atoms with Gasteiger partial charge in [0.25, 0.3) is 5.91 Å². The molecule has 1 unspecified atom stereocenters. The molecule has 0 aromatic heterocycles. The van der Waals surface area contributed by atoms with Crippen LogP contribution in [0.3, 0.4) is 0 Å². The van der Waals surface area contributed by atoms with Gasteiger partial charge in [-0.1, -0.05) is 58.7 Å². The summed E-state index contributed by atoms with van der Waals surface area (Å²) < 4.78 is 11.8. The first kappa shape index (κ1) is 25.6. The SMILES string of the molecule is CCOc1cc(/C=C2\SC(Nc3ccc(Cl)cc3C)NC2=O)ccc1OCc1ccc(Cl)c(Cl)c1. The minimum Gasteiger partial charge on any atom is -0.490 e. The molecule has 5 nitrogen and oxygen atoms in total. The molecule has 9 heteroatoms. The second-order valence-electron chi connectivity index (χ2n) is 7.76. The summed E-state index contributed by atoms with van der Waals surface area (Å²) in [4.78, 5) is 13.2. The molecule has 1 fully saturated rings. The smallest absolute Gasteiger partial charge is 0.260 e. The molecule has 0 aliphatic carbocycles. The summed E-state index contributed by atoms with van der Waals surface area (Å²) in [5.74, 6) is 1.05. The van der Waals surface area contributed by atoms with Crippen LogP contribution >= 0.6 is 46.6 Å². The van der Waals surface area contributed by atoms with Gasteiger partial charge in [-0.2, -0.15) is 0 Å². The van der Waals surface area contributed by atoms with Gasteiger partial charge in [0.05, 0.1) is 21.6 Å². The Labute approximate surface area is 223 Å². The zero-order chi connectivity index (χ0) is 24.9. The van der Waals surface area contributed by atoms with Gasteiger partial charge < -0.3 is 20.1 Å². The summed E-state index contributed by atoms with van der Waals surface area (Å²) in [6, 6.07) is 16.5. The van der Waals surface area contributed by atoms with E-state index in [1.54, 1.807) is 12.1 Å². The van der Waals surface area contributed by atoms with E-state index in [1.807, 2.05) is 62.4 Å². The van der Waals surface area contributed by atoms with Crippen LogP contribution in [0.4, 0.5) is 5.69 Å². The van der Waals surface area contributed by atoms with Crippen LogP contribution < -0.4 is 20.1 Å². The summed E-state index contributed by atoms with van der Waals surface area (Å²) in [6.07, 6.45) is 1.83. The molecule has 35 heavy (non-hydrogen) atoms. The molecule has 1 heterocycles. The van der Waals surface area contributed by atoms with Crippen LogP contribution in [0.1, 0.15) is 23.6 Å². The number of ether oxygens (including phenoxy) is 2. The lowest BCUT2D eigenvalue weighted by molar-refractivity contribution is -0.116. The number of aryl methyl sites for hydroxylation is 1. The van der Waals surface area contributed by atoms with Gasteiger partial charge in [-0.25, -0.2) is 0 Å². The topological polar surface area (TPSA) is 59.6 Å². The predicted molar refractivity (Wildman–Crippen MR) is 146 cm³/mol. The number of amides is 1. The summed E-state index contributed by atoms with van der Waals surface area (Å²) in [5, 5.41) is 7.93. The summed E-state index contributed by atoms with van der Waals surface area (Å²) in [5.41, 5.74) is 3.35. The maximum absolute atomic E-state index is 12.6. The summed E-state index contributed by atoms with van der Waals surface area (Å²) in [6.45, 7) is 4.66. The van der Waals surface area contributed by atoms with E-state index in [-0.39, 0.29) is 11.4 Å². The van der Waals surface area contributed by atoms with Crippen molar-refractivity contribution in [2.45, 2.75) is 26.0 Å². The predicted octanol–water partition coefficient (Wildman–Crippen LogP) is 7.53. The fraction of sp³-hybridized carbons (Fsp3) is 0.192. The first-order valence-electron chi connectivity index (χ1n) is 10.9. The molecule has 0 bridgehead atoms. The molecular weight excluding hydrogens is 527 g/mol. The molecule has 1 aliphatic rings. The van der Waals surface area contributed by atoms with Crippen LogP contribution in [-0.2, 0) is 11.4 Å². The zero-order valence-corrected chi connectivity index (χ0v) is 22.1. The zero-order valence-electron chi connectivity index (χ0n) is 19.0. The molecule has 1 aliphatic heterocycles. The van der Waals surface area contributed by atoms with Crippen molar-refractivity contribution in [3.63, 3.8) is 0 Å². The minimum atomic E-state index is -0.284. The van der Waals surface area contributed by atoms with Gasteiger partial charge >= 0.3 is 0 Å². The quantitative estimate of drug-likeness (QED) is 0.284. The van der Waals surface area contributed by atoms with E-state index in [0.717, 1.165) is 22.4 Å². The molecule has 0 saturated carbocycles. The highest BCUT2D eigenvalue weighted by Gasteiger charge is 2.27. The Hall–Kier alpha value is -2.51. The number of anilines is 1. The van der Waals surface area contributed by atoms with E-state index < -0.39 is 0 Å². The van der Waals surface area contributed by atoms with Crippen molar-refractivity contribution < 1.29 is 14.3 Å².